The van der Waals surface area contributed by atoms with Crippen LogP contribution in [0.4, 0.5) is 0 Å². The first-order chi connectivity index (χ1) is 9.66. The maximum atomic E-state index is 10.9. The van der Waals surface area contributed by atoms with Gasteiger partial charge in [0.05, 0.1) is 6.20 Å². The van der Waals surface area contributed by atoms with Gasteiger partial charge in [-0.2, -0.15) is 5.10 Å². The number of piperidine rings is 1. The van der Waals surface area contributed by atoms with Gasteiger partial charge in [-0.1, -0.05) is 30.3 Å². The minimum atomic E-state index is -0.763. The fourth-order valence-corrected chi connectivity index (χ4v) is 3.00. The van der Waals surface area contributed by atoms with E-state index in [0.29, 0.717) is 6.54 Å². The second kappa shape index (κ2) is 5.38. The Kier molecular flexibility index (Phi) is 3.59. The second-order valence-corrected chi connectivity index (χ2v) is 5.73. The summed E-state index contributed by atoms with van der Waals surface area (Å²) in [5.41, 5.74) is 1.46. The molecule has 0 spiro atoms. The van der Waals surface area contributed by atoms with E-state index in [0.717, 1.165) is 31.5 Å². The molecule has 0 radical (unpaired) electrons. The number of nitrogens with zero attached hydrogens (tertiary/aromatic N) is 3. The van der Waals surface area contributed by atoms with E-state index in [1.807, 2.05) is 19.3 Å². The number of hydrogen-bond acceptors (Lipinski definition) is 3. The van der Waals surface area contributed by atoms with Crippen molar-refractivity contribution < 1.29 is 5.11 Å². The summed E-state index contributed by atoms with van der Waals surface area (Å²) in [4.78, 5) is 2.33. The molecule has 4 nitrogen and oxygen atoms in total. The molecule has 1 atom stereocenters. The number of β-amino-alcohol motifs (C(OH)–C–C–N with tert-alkyl or cyclic N) is 1. The van der Waals surface area contributed by atoms with Crippen LogP contribution in [0.5, 0.6) is 0 Å². The normalized spacial score (nSPS) is 23.9. The number of aromatic nitrogens is 2. The van der Waals surface area contributed by atoms with E-state index in [4.69, 9.17) is 0 Å². The largest absolute Gasteiger partial charge is 0.384 e. The van der Waals surface area contributed by atoms with Gasteiger partial charge in [0.25, 0.3) is 0 Å². The van der Waals surface area contributed by atoms with Gasteiger partial charge >= 0.3 is 0 Å². The van der Waals surface area contributed by atoms with E-state index in [-0.39, 0.29) is 0 Å². The van der Waals surface area contributed by atoms with Crippen LogP contribution in [0.3, 0.4) is 0 Å². The highest BCUT2D eigenvalue weighted by atomic mass is 16.3. The van der Waals surface area contributed by atoms with Gasteiger partial charge in [0.2, 0.25) is 0 Å². The number of aliphatic hydroxyl groups is 1. The lowest BCUT2D eigenvalue weighted by atomic mass is 9.87. The third kappa shape index (κ3) is 2.76. The van der Waals surface area contributed by atoms with Gasteiger partial charge in [-0.05, 0) is 24.9 Å². The van der Waals surface area contributed by atoms with Crippen molar-refractivity contribution in [2.45, 2.75) is 25.0 Å². The first kappa shape index (κ1) is 13.3. The predicted molar refractivity (Wildman–Crippen MR) is 78.1 cm³/mol. The third-order valence-electron chi connectivity index (χ3n) is 4.04. The van der Waals surface area contributed by atoms with E-state index in [1.165, 1.54) is 5.56 Å². The van der Waals surface area contributed by atoms with Crippen LogP contribution in [0.2, 0.25) is 0 Å². The summed E-state index contributed by atoms with van der Waals surface area (Å²) in [5.74, 6) is 0. The Balaban J connectivity index is 1.73. The van der Waals surface area contributed by atoms with Gasteiger partial charge < -0.3 is 5.11 Å². The predicted octanol–water partition coefficient (Wildman–Crippen LogP) is 1.90. The Morgan fingerprint density at radius 2 is 2.10 bits per heavy atom. The fourth-order valence-electron chi connectivity index (χ4n) is 3.00. The standard InChI is InChI=1S/C16H21N3O/c1-18-12-15(10-17-18)16(20)8-5-9-19(13-16)11-14-6-3-2-4-7-14/h2-4,6-7,10,12,20H,5,8-9,11,13H2,1H3. The molecular weight excluding hydrogens is 250 g/mol. The van der Waals surface area contributed by atoms with E-state index in [1.54, 1.807) is 10.9 Å². The minimum absolute atomic E-state index is 0.674. The van der Waals surface area contributed by atoms with Gasteiger partial charge in [-0.25, -0.2) is 0 Å². The Hall–Kier alpha value is -1.65. The van der Waals surface area contributed by atoms with Crippen molar-refractivity contribution >= 4 is 0 Å². The Labute approximate surface area is 119 Å². The zero-order chi connectivity index (χ0) is 14.0. The van der Waals surface area contributed by atoms with Gasteiger partial charge in [0, 0.05) is 31.9 Å². The van der Waals surface area contributed by atoms with Crippen molar-refractivity contribution in [2.75, 3.05) is 13.1 Å². The molecule has 1 fully saturated rings. The average molecular weight is 271 g/mol. The summed E-state index contributed by atoms with van der Waals surface area (Å²) in [6, 6.07) is 10.4. The van der Waals surface area contributed by atoms with Crippen LogP contribution in [-0.4, -0.2) is 32.9 Å². The summed E-state index contributed by atoms with van der Waals surface area (Å²) >= 11 is 0. The molecule has 1 unspecified atom stereocenters. The molecule has 2 heterocycles. The zero-order valence-electron chi connectivity index (χ0n) is 11.9. The van der Waals surface area contributed by atoms with Crippen molar-refractivity contribution in [1.29, 1.82) is 0 Å². The Morgan fingerprint density at radius 1 is 1.30 bits per heavy atom. The van der Waals surface area contributed by atoms with Crippen molar-refractivity contribution in [2.24, 2.45) is 7.05 Å². The molecule has 20 heavy (non-hydrogen) atoms. The highest BCUT2D eigenvalue weighted by molar-refractivity contribution is 5.18. The molecule has 0 aliphatic carbocycles. The lowest BCUT2D eigenvalue weighted by Crippen LogP contribution is -2.45. The lowest BCUT2D eigenvalue weighted by Gasteiger charge is -2.38. The highest BCUT2D eigenvalue weighted by Gasteiger charge is 2.35. The number of benzene rings is 1. The van der Waals surface area contributed by atoms with Crippen molar-refractivity contribution in [1.82, 2.24) is 14.7 Å². The SMILES string of the molecule is Cn1cc(C2(O)CCCN(Cc3ccccc3)C2)cn1. The zero-order valence-corrected chi connectivity index (χ0v) is 11.9. The molecule has 1 aliphatic heterocycles. The van der Waals surface area contributed by atoms with Gasteiger partial charge in [-0.15, -0.1) is 0 Å². The molecule has 2 aromatic rings. The molecule has 0 bridgehead atoms. The topological polar surface area (TPSA) is 41.3 Å². The molecule has 1 aliphatic rings. The molecular formula is C16H21N3O. The maximum Gasteiger partial charge on any atom is 0.105 e. The number of likely N-dealkylation sites (tertiary alicyclic amines) is 1. The summed E-state index contributed by atoms with van der Waals surface area (Å²) in [5, 5.41) is 15.1. The van der Waals surface area contributed by atoms with Gasteiger partial charge in [0.15, 0.2) is 0 Å². The van der Waals surface area contributed by atoms with Crippen LogP contribution in [0.1, 0.15) is 24.0 Å². The molecule has 3 rings (SSSR count). The van der Waals surface area contributed by atoms with Crippen LogP contribution >= 0.6 is 0 Å². The van der Waals surface area contributed by atoms with Crippen LogP contribution < -0.4 is 0 Å². The summed E-state index contributed by atoms with van der Waals surface area (Å²) in [6.07, 6.45) is 5.53. The molecule has 106 valence electrons. The van der Waals surface area contributed by atoms with Gasteiger partial charge in [0.1, 0.15) is 5.60 Å². The van der Waals surface area contributed by atoms with Crippen LogP contribution in [0, 0.1) is 0 Å². The van der Waals surface area contributed by atoms with Gasteiger partial charge in [-0.3, -0.25) is 9.58 Å². The van der Waals surface area contributed by atoms with Crippen LogP contribution in [0.25, 0.3) is 0 Å². The molecule has 0 saturated carbocycles. The number of aryl methyl sites for hydroxylation is 1. The quantitative estimate of drug-likeness (QED) is 0.927. The monoisotopic (exact) mass is 271 g/mol. The maximum absolute atomic E-state index is 10.9. The summed E-state index contributed by atoms with van der Waals surface area (Å²) in [6.45, 7) is 2.61. The molecule has 1 aromatic carbocycles. The minimum Gasteiger partial charge on any atom is -0.384 e. The first-order valence-electron chi connectivity index (χ1n) is 7.13. The summed E-state index contributed by atoms with van der Waals surface area (Å²) < 4.78 is 1.75. The molecule has 4 heteroatoms. The fraction of sp³-hybridized carbons (Fsp3) is 0.438. The van der Waals surface area contributed by atoms with Crippen molar-refractivity contribution in [3.63, 3.8) is 0 Å². The number of rotatable bonds is 3. The van der Waals surface area contributed by atoms with E-state index >= 15 is 0 Å². The highest BCUT2D eigenvalue weighted by Crippen LogP contribution is 2.31. The number of hydrogen-bond donors (Lipinski definition) is 1. The molecule has 1 saturated heterocycles. The van der Waals surface area contributed by atoms with Crippen molar-refractivity contribution in [3.05, 3.63) is 53.9 Å². The smallest absolute Gasteiger partial charge is 0.105 e. The van der Waals surface area contributed by atoms with E-state index in [9.17, 15) is 5.11 Å². The van der Waals surface area contributed by atoms with E-state index in [2.05, 4.69) is 34.3 Å². The van der Waals surface area contributed by atoms with Crippen LogP contribution in [0.15, 0.2) is 42.7 Å². The Bertz CT molecular complexity index is 566. The summed E-state index contributed by atoms with van der Waals surface area (Å²) in [7, 11) is 1.89. The molecule has 1 N–H and O–H groups in total. The molecule has 0 amide bonds. The second-order valence-electron chi connectivity index (χ2n) is 5.73. The van der Waals surface area contributed by atoms with Crippen molar-refractivity contribution in [3.8, 4) is 0 Å². The Morgan fingerprint density at radius 3 is 2.80 bits per heavy atom. The van der Waals surface area contributed by atoms with Crippen LogP contribution in [-0.2, 0) is 19.2 Å². The first-order valence-corrected chi connectivity index (χ1v) is 7.13. The average Bonchev–Trinajstić information content (AvgIpc) is 2.88. The lowest BCUT2D eigenvalue weighted by molar-refractivity contribution is -0.0381. The van der Waals surface area contributed by atoms with E-state index < -0.39 is 5.60 Å². The molecule has 1 aromatic heterocycles. The third-order valence-corrected chi connectivity index (χ3v) is 4.04.